The van der Waals surface area contributed by atoms with E-state index in [0.717, 1.165) is 12.8 Å². The van der Waals surface area contributed by atoms with E-state index >= 15 is 0 Å². The summed E-state index contributed by atoms with van der Waals surface area (Å²) in [5.41, 5.74) is 0. The Morgan fingerprint density at radius 3 is 2.50 bits per heavy atom. The van der Waals surface area contributed by atoms with Crippen LogP contribution in [0.3, 0.4) is 0 Å². The van der Waals surface area contributed by atoms with E-state index in [0.29, 0.717) is 0 Å². The Bertz CT molecular complexity index is 80.6. The van der Waals surface area contributed by atoms with Gasteiger partial charge in [-0.1, -0.05) is 19.9 Å². The molecule has 0 amide bonds. The fourth-order valence-corrected chi connectivity index (χ4v) is 0.698. The summed E-state index contributed by atoms with van der Waals surface area (Å²) in [5.74, 6) is 0.176. The second kappa shape index (κ2) is 3.84. The zero-order valence-corrected chi connectivity index (χ0v) is 5.99. The van der Waals surface area contributed by atoms with E-state index in [1.807, 2.05) is 6.92 Å². The van der Waals surface area contributed by atoms with Gasteiger partial charge in [-0.05, 0) is 6.42 Å². The number of rotatable bonds is 3. The monoisotopic (exact) mass is 132 g/mol. The molecular formula is C6H12OS. The molecule has 0 heterocycles. The van der Waals surface area contributed by atoms with Gasteiger partial charge < -0.3 is 5.11 Å². The molecule has 0 fully saturated rings. The van der Waals surface area contributed by atoms with Crippen LogP contribution >= 0.6 is 12.6 Å². The summed E-state index contributed by atoms with van der Waals surface area (Å²) in [6.07, 6.45) is 1.94. The van der Waals surface area contributed by atoms with Gasteiger partial charge in [-0.25, -0.2) is 0 Å². The molecule has 1 atom stereocenters. The lowest BCUT2D eigenvalue weighted by Crippen LogP contribution is -1.99. The van der Waals surface area contributed by atoms with Crippen LogP contribution in [-0.4, -0.2) is 10.4 Å². The SMILES string of the molecule is C=C(O)C(S)CCC. The highest BCUT2D eigenvalue weighted by atomic mass is 32.1. The first-order chi connectivity index (χ1) is 3.68. The molecule has 8 heavy (non-hydrogen) atoms. The molecule has 0 saturated carbocycles. The Labute approximate surface area is 55.8 Å². The quantitative estimate of drug-likeness (QED) is 0.445. The van der Waals surface area contributed by atoms with Crippen LogP contribution in [0.15, 0.2) is 12.3 Å². The molecule has 48 valence electrons. The summed E-state index contributed by atoms with van der Waals surface area (Å²) in [4.78, 5) is 0. The number of thiol groups is 1. The Morgan fingerprint density at radius 2 is 2.38 bits per heavy atom. The van der Waals surface area contributed by atoms with Gasteiger partial charge in [0.15, 0.2) is 0 Å². The highest BCUT2D eigenvalue weighted by Crippen LogP contribution is 2.09. The van der Waals surface area contributed by atoms with Crippen LogP contribution in [0.4, 0.5) is 0 Å². The van der Waals surface area contributed by atoms with E-state index in [-0.39, 0.29) is 11.0 Å². The Kier molecular flexibility index (Phi) is 3.79. The van der Waals surface area contributed by atoms with Crippen molar-refractivity contribution >= 4 is 12.6 Å². The second-order valence-corrected chi connectivity index (χ2v) is 2.42. The van der Waals surface area contributed by atoms with Crippen molar-refractivity contribution in [1.29, 1.82) is 0 Å². The van der Waals surface area contributed by atoms with E-state index in [9.17, 15) is 0 Å². The van der Waals surface area contributed by atoms with Crippen molar-refractivity contribution in [2.45, 2.75) is 25.0 Å². The Morgan fingerprint density at radius 1 is 1.88 bits per heavy atom. The third-order valence-electron chi connectivity index (χ3n) is 0.947. The molecule has 0 aromatic heterocycles. The topological polar surface area (TPSA) is 20.2 Å². The lowest BCUT2D eigenvalue weighted by atomic mass is 10.2. The van der Waals surface area contributed by atoms with Crippen LogP contribution < -0.4 is 0 Å². The van der Waals surface area contributed by atoms with E-state index in [1.165, 1.54) is 0 Å². The highest BCUT2D eigenvalue weighted by Gasteiger charge is 2.01. The van der Waals surface area contributed by atoms with Gasteiger partial charge in [0.25, 0.3) is 0 Å². The Balaban J connectivity index is 3.32. The molecule has 1 N–H and O–H groups in total. The molecule has 0 rings (SSSR count). The van der Waals surface area contributed by atoms with Crippen molar-refractivity contribution in [3.8, 4) is 0 Å². The first kappa shape index (κ1) is 7.89. The van der Waals surface area contributed by atoms with Crippen molar-refractivity contribution in [3.05, 3.63) is 12.3 Å². The second-order valence-electron chi connectivity index (χ2n) is 1.80. The molecule has 0 aromatic carbocycles. The van der Waals surface area contributed by atoms with Gasteiger partial charge in [0.05, 0.1) is 11.0 Å². The normalized spacial score (nSPS) is 13.2. The summed E-state index contributed by atoms with van der Waals surface area (Å²) in [6.45, 7) is 5.40. The molecule has 0 radical (unpaired) electrons. The minimum atomic E-state index is -0.0278. The van der Waals surface area contributed by atoms with Gasteiger partial charge in [-0.15, -0.1) is 0 Å². The predicted octanol–water partition coefficient (Wildman–Crippen LogP) is 2.16. The molecular weight excluding hydrogens is 120 g/mol. The van der Waals surface area contributed by atoms with Crippen LogP contribution in [0.1, 0.15) is 19.8 Å². The minimum absolute atomic E-state index is 0.0278. The predicted molar refractivity (Wildman–Crippen MR) is 39.5 cm³/mol. The maximum Gasteiger partial charge on any atom is 0.0978 e. The van der Waals surface area contributed by atoms with Crippen LogP contribution in [0.2, 0.25) is 0 Å². The molecule has 2 heteroatoms. The number of hydrogen-bond acceptors (Lipinski definition) is 2. The molecule has 0 aromatic rings. The fourth-order valence-electron chi connectivity index (χ4n) is 0.440. The molecule has 0 spiro atoms. The first-order valence-electron chi connectivity index (χ1n) is 2.74. The van der Waals surface area contributed by atoms with E-state index in [2.05, 4.69) is 19.2 Å². The molecule has 0 bridgehead atoms. The van der Waals surface area contributed by atoms with Crippen molar-refractivity contribution < 1.29 is 5.11 Å². The number of aliphatic hydroxyl groups is 1. The van der Waals surface area contributed by atoms with Gasteiger partial charge in [0.2, 0.25) is 0 Å². The molecule has 0 saturated heterocycles. The van der Waals surface area contributed by atoms with E-state index in [4.69, 9.17) is 5.11 Å². The summed E-state index contributed by atoms with van der Waals surface area (Å²) in [5, 5.41) is 8.65. The third-order valence-corrected chi connectivity index (χ3v) is 1.50. The average molecular weight is 132 g/mol. The lowest BCUT2D eigenvalue weighted by Gasteiger charge is -2.04. The fraction of sp³-hybridized carbons (Fsp3) is 0.667. The van der Waals surface area contributed by atoms with Gasteiger partial charge in [0, 0.05) is 0 Å². The summed E-state index contributed by atoms with van der Waals surface area (Å²) in [7, 11) is 0. The lowest BCUT2D eigenvalue weighted by molar-refractivity contribution is 0.391. The van der Waals surface area contributed by atoms with Crippen LogP contribution in [0.5, 0.6) is 0 Å². The van der Waals surface area contributed by atoms with E-state index in [1.54, 1.807) is 0 Å². The van der Waals surface area contributed by atoms with E-state index < -0.39 is 0 Å². The minimum Gasteiger partial charge on any atom is -0.512 e. The van der Waals surface area contributed by atoms with Gasteiger partial charge >= 0.3 is 0 Å². The third kappa shape index (κ3) is 2.97. The largest absolute Gasteiger partial charge is 0.512 e. The smallest absolute Gasteiger partial charge is 0.0978 e. The standard InChI is InChI=1S/C6H12OS/c1-3-4-6(8)5(2)7/h6-8H,2-4H2,1H3. The first-order valence-corrected chi connectivity index (χ1v) is 3.26. The molecule has 0 aliphatic heterocycles. The van der Waals surface area contributed by atoms with Crippen molar-refractivity contribution in [1.82, 2.24) is 0 Å². The van der Waals surface area contributed by atoms with Crippen molar-refractivity contribution in [2.24, 2.45) is 0 Å². The summed E-state index contributed by atoms with van der Waals surface area (Å²) < 4.78 is 0. The zero-order valence-electron chi connectivity index (χ0n) is 5.09. The highest BCUT2D eigenvalue weighted by molar-refractivity contribution is 7.81. The number of aliphatic hydroxyl groups excluding tert-OH is 1. The van der Waals surface area contributed by atoms with Crippen molar-refractivity contribution in [2.75, 3.05) is 0 Å². The maximum atomic E-state index is 8.68. The zero-order chi connectivity index (χ0) is 6.57. The van der Waals surface area contributed by atoms with Crippen LogP contribution in [-0.2, 0) is 0 Å². The van der Waals surface area contributed by atoms with Crippen molar-refractivity contribution in [3.63, 3.8) is 0 Å². The molecule has 1 unspecified atom stereocenters. The van der Waals surface area contributed by atoms with Crippen LogP contribution in [0, 0.1) is 0 Å². The molecule has 0 aliphatic rings. The van der Waals surface area contributed by atoms with Gasteiger partial charge in [-0.2, -0.15) is 12.6 Å². The number of hydrogen-bond donors (Lipinski definition) is 2. The summed E-state index contributed by atoms with van der Waals surface area (Å²) in [6, 6.07) is 0. The molecule has 1 nitrogen and oxygen atoms in total. The summed E-state index contributed by atoms with van der Waals surface area (Å²) >= 11 is 4.06. The average Bonchev–Trinajstić information content (AvgIpc) is 1.67. The van der Waals surface area contributed by atoms with Gasteiger partial charge in [-0.3, -0.25) is 0 Å². The Hall–Kier alpha value is -0.110. The van der Waals surface area contributed by atoms with Crippen LogP contribution in [0.25, 0.3) is 0 Å². The molecule has 0 aliphatic carbocycles. The van der Waals surface area contributed by atoms with Gasteiger partial charge in [0.1, 0.15) is 0 Å². The maximum absolute atomic E-state index is 8.68.